The molecule has 0 aliphatic heterocycles. The van der Waals surface area contributed by atoms with Gasteiger partial charge in [-0.05, 0) is 9.91 Å². The van der Waals surface area contributed by atoms with Gasteiger partial charge in [0.15, 0.2) is 0 Å². The first-order valence-corrected chi connectivity index (χ1v) is 4.48. The van der Waals surface area contributed by atoms with Crippen molar-refractivity contribution in [1.29, 1.82) is 0 Å². The second kappa shape index (κ2) is 5.05. The number of methoxy groups -OCH3 is 1. The van der Waals surface area contributed by atoms with Crippen molar-refractivity contribution in [3.63, 3.8) is 0 Å². The number of rotatable bonds is 4. The normalized spacial score (nSPS) is 9.76. The molecule has 0 spiro atoms. The first-order valence-electron chi connectivity index (χ1n) is 4.48. The third kappa shape index (κ3) is 3.00. The molecule has 0 fully saturated rings. The average molecular weight is 242 g/mol. The molecule has 0 saturated heterocycles. The zero-order valence-electron chi connectivity index (χ0n) is 9.17. The third-order valence-electron chi connectivity index (χ3n) is 1.87. The number of esters is 1. The lowest BCUT2D eigenvalue weighted by molar-refractivity contribution is -0.389. The van der Waals surface area contributed by atoms with Crippen LogP contribution in [0.1, 0.15) is 10.6 Å². The number of nitrogens with one attached hydrogen (secondary N) is 1. The van der Waals surface area contributed by atoms with Crippen LogP contribution in [0.4, 0.5) is 5.82 Å². The van der Waals surface area contributed by atoms with Crippen LogP contribution in [0.3, 0.4) is 0 Å². The molecule has 1 heterocycles. The molecule has 1 amide bonds. The number of aryl methyl sites for hydroxylation is 1. The lowest BCUT2D eigenvalue weighted by Crippen LogP contribution is -2.31. The van der Waals surface area contributed by atoms with Gasteiger partial charge >= 0.3 is 23.5 Å². The molecule has 9 nitrogen and oxygen atoms in total. The summed E-state index contributed by atoms with van der Waals surface area (Å²) in [5.74, 6) is -1.90. The van der Waals surface area contributed by atoms with Gasteiger partial charge in [0.05, 0.1) is 7.11 Å². The van der Waals surface area contributed by atoms with E-state index in [1.807, 2.05) is 0 Å². The van der Waals surface area contributed by atoms with Gasteiger partial charge in [0.1, 0.15) is 12.7 Å². The summed E-state index contributed by atoms with van der Waals surface area (Å²) >= 11 is 0. The number of imidazole rings is 1. The van der Waals surface area contributed by atoms with Crippen LogP contribution >= 0.6 is 0 Å². The SMILES string of the molecule is COC(=O)CNC(=O)c1nc([N+](=O)[O-])cn1C. The molecule has 1 aromatic heterocycles. The van der Waals surface area contributed by atoms with E-state index in [4.69, 9.17) is 0 Å². The predicted molar refractivity (Wildman–Crippen MR) is 54.2 cm³/mol. The molecule has 92 valence electrons. The molecular weight excluding hydrogens is 232 g/mol. The maximum Gasteiger partial charge on any atom is 0.382 e. The highest BCUT2D eigenvalue weighted by Crippen LogP contribution is 2.09. The van der Waals surface area contributed by atoms with Crippen molar-refractivity contribution in [2.75, 3.05) is 13.7 Å². The molecule has 1 rings (SSSR count). The Morgan fingerprint density at radius 1 is 1.65 bits per heavy atom. The lowest BCUT2D eigenvalue weighted by atomic mass is 10.5. The van der Waals surface area contributed by atoms with Gasteiger partial charge in [-0.3, -0.25) is 9.59 Å². The number of ether oxygens (including phenoxy) is 1. The van der Waals surface area contributed by atoms with E-state index in [9.17, 15) is 19.7 Å². The van der Waals surface area contributed by atoms with Crippen molar-refractivity contribution in [2.24, 2.45) is 7.05 Å². The minimum atomic E-state index is -0.711. The van der Waals surface area contributed by atoms with Crippen LogP contribution < -0.4 is 5.32 Å². The predicted octanol–water partition coefficient (Wildman–Crippen LogP) is -0.769. The number of carbonyl (C=O) groups is 2. The lowest BCUT2D eigenvalue weighted by Gasteiger charge is -2.00. The molecule has 0 bridgehead atoms. The van der Waals surface area contributed by atoms with E-state index in [-0.39, 0.29) is 12.4 Å². The summed E-state index contributed by atoms with van der Waals surface area (Å²) in [5, 5.41) is 12.6. The highest BCUT2D eigenvalue weighted by molar-refractivity contribution is 5.93. The smallest absolute Gasteiger partial charge is 0.382 e. The van der Waals surface area contributed by atoms with Gasteiger partial charge in [0.2, 0.25) is 0 Å². The summed E-state index contributed by atoms with van der Waals surface area (Å²) in [7, 11) is 2.62. The molecular formula is C8H10N4O5. The summed E-state index contributed by atoms with van der Waals surface area (Å²) in [6.07, 6.45) is 1.10. The number of nitro groups is 1. The Morgan fingerprint density at radius 3 is 2.76 bits per heavy atom. The molecule has 0 aromatic carbocycles. The van der Waals surface area contributed by atoms with Gasteiger partial charge < -0.3 is 24.7 Å². The van der Waals surface area contributed by atoms with Crippen molar-refractivity contribution < 1.29 is 19.2 Å². The molecule has 0 atom stereocenters. The maximum atomic E-state index is 11.5. The Morgan fingerprint density at radius 2 is 2.29 bits per heavy atom. The largest absolute Gasteiger partial charge is 0.468 e. The summed E-state index contributed by atoms with van der Waals surface area (Å²) < 4.78 is 5.52. The zero-order chi connectivity index (χ0) is 13.0. The van der Waals surface area contributed by atoms with E-state index in [1.54, 1.807) is 0 Å². The van der Waals surface area contributed by atoms with Crippen LogP contribution in [0.5, 0.6) is 0 Å². The molecule has 0 unspecified atom stereocenters. The third-order valence-corrected chi connectivity index (χ3v) is 1.87. The van der Waals surface area contributed by atoms with Crippen LogP contribution in [0, 0.1) is 10.1 Å². The van der Waals surface area contributed by atoms with Crippen molar-refractivity contribution in [3.05, 3.63) is 22.1 Å². The van der Waals surface area contributed by atoms with Gasteiger partial charge in [-0.1, -0.05) is 0 Å². The molecule has 17 heavy (non-hydrogen) atoms. The van der Waals surface area contributed by atoms with Crippen molar-refractivity contribution in [1.82, 2.24) is 14.9 Å². The minimum Gasteiger partial charge on any atom is -0.468 e. The Bertz CT molecular complexity index is 466. The highest BCUT2D eigenvalue weighted by Gasteiger charge is 2.23. The molecule has 9 heteroatoms. The Kier molecular flexibility index (Phi) is 3.75. The number of nitrogens with zero attached hydrogens (tertiary/aromatic N) is 3. The van der Waals surface area contributed by atoms with E-state index in [0.29, 0.717) is 0 Å². The van der Waals surface area contributed by atoms with Crippen molar-refractivity contribution >= 4 is 17.7 Å². The number of amides is 1. The fourth-order valence-corrected chi connectivity index (χ4v) is 1.05. The first kappa shape index (κ1) is 12.6. The van der Waals surface area contributed by atoms with Gasteiger partial charge in [-0.15, -0.1) is 0 Å². The molecule has 0 saturated carbocycles. The molecule has 0 aliphatic rings. The van der Waals surface area contributed by atoms with Gasteiger partial charge in [-0.2, -0.15) is 0 Å². The van der Waals surface area contributed by atoms with Gasteiger partial charge in [0, 0.05) is 7.05 Å². The van der Waals surface area contributed by atoms with Crippen molar-refractivity contribution in [3.8, 4) is 0 Å². The van der Waals surface area contributed by atoms with Crippen molar-refractivity contribution in [2.45, 2.75) is 0 Å². The van der Waals surface area contributed by atoms with Crippen LogP contribution in [0.2, 0.25) is 0 Å². The average Bonchev–Trinajstić information content (AvgIpc) is 2.68. The second-order valence-electron chi connectivity index (χ2n) is 3.05. The monoisotopic (exact) mass is 242 g/mol. The Balaban J connectivity index is 2.75. The highest BCUT2D eigenvalue weighted by atomic mass is 16.6. The number of carbonyl (C=O) groups excluding carboxylic acids is 2. The van der Waals surface area contributed by atoms with E-state index in [2.05, 4.69) is 15.0 Å². The molecule has 1 N–H and O–H groups in total. The van der Waals surface area contributed by atoms with E-state index in [1.165, 1.54) is 18.7 Å². The van der Waals surface area contributed by atoms with Crippen LogP contribution in [-0.4, -0.2) is 40.0 Å². The van der Waals surface area contributed by atoms with Gasteiger partial charge in [-0.25, -0.2) is 0 Å². The number of hydrogen-bond acceptors (Lipinski definition) is 6. The minimum absolute atomic E-state index is 0.152. The molecule has 0 radical (unpaired) electrons. The fraction of sp³-hybridized carbons (Fsp3) is 0.375. The number of hydrogen-bond donors (Lipinski definition) is 1. The first-order chi connectivity index (χ1) is 7.95. The Labute approximate surface area is 95.5 Å². The van der Waals surface area contributed by atoms with E-state index in [0.717, 1.165) is 6.20 Å². The standard InChI is InChI=1S/C8H10N4O5/c1-11-4-5(12(15)16)10-7(11)8(14)9-3-6(13)17-2/h4H,3H2,1-2H3,(H,9,14). The second-order valence-corrected chi connectivity index (χ2v) is 3.05. The summed E-state index contributed by atoms with van der Waals surface area (Å²) in [5.41, 5.74) is 0. The quantitative estimate of drug-likeness (QED) is 0.421. The maximum absolute atomic E-state index is 11.5. The number of aromatic nitrogens is 2. The topological polar surface area (TPSA) is 116 Å². The van der Waals surface area contributed by atoms with E-state index < -0.39 is 22.6 Å². The molecule has 1 aromatic rings. The summed E-state index contributed by atoms with van der Waals surface area (Å²) in [4.78, 5) is 35.5. The van der Waals surface area contributed by atoms with Crippen LogP contribution in [0.15, 0.2) is 6.20 Å². The van der Waals surface area contributed by atoms with Crippen LogP contribution in [0.25, 0.3) is 0 Å². The summed E-state index contributed by atoms with van der Waals surface area (Å²) in [6.45, 7) is -0.323. The summed E-state index contributed by atoms with van der Waals surface area (Å²) in [6, 6.07) is 0. The van der Waals surface area contributed by atoms with E-state index >= 15 is 0 Å². The molecule has 0 aliphatic carbocycles. The fourth-order valence-electron chi connectivity index (χ4n) is 1.05. The van der Waals surface area contributed by atoms with Gasteiger partial charge in [0.25, 0.3) is 0 Å². The Hall–Kier alpha value is -2.45. The zero-order valence-corrected chi connectivity index (χ0v) is 9.17. The van der Waals surface area contributed by atoms with Crippen LogP contribution in [-0.2, 0) is 16.6 Å².